The number of aromatic nitrogens is 3. The van der Waals surface area contributed by atoms with Gasteiger partial charge in [-0.15, -0.1) is 0 Å². The summed E-state index contributed by atoms with van der Waals surface area (Å²) in [5, 5.41) is 7.56. The number of fused-ring (bicyclic) bond motifs is 1. The first-order valence-corrected chi connectivity index (χ1v) is 11.1. The van der Waals surface area contributed by atoms with Crippen LogP contribution in [0.2, 0.25) is 5.02 Å². The Labute approximate surface area is 199 Å². The van der Waals surface area contributed by atoms with E-state index < -0.39 is 5.76 Å². The van der Waals surface area contributed by atoms with Gasteiger partial charge >= 0.3 is 5.76 Å². The summed E-state index contributed by atoms with van der Waals surface area (Å²) in [6, 6.07) is 12.4. The van der Waals surface area contributed by atoms with E-state index in [-0.39, 0.29) is 37.5 Å². The summed E-state index contributed by atoms with van der Waals surface area (Å²) in [6.45, 7) is 2.67. The summed E-state index contributed by atoms with van der Waals surface area (Å²) >= 11 is 6.05. The molecule has 0 aliphatic carbocycles. The summed E-state index contributed by atoms with van der Waals surface area (Å²) < 4.78 is 7.94. The fourth-order valence-electron chi connectivity index (χ4n) is 3.78. The molecule has 0 spiro atoms. The van der Waals surface area contributed by atoms with E-state index in [0.717, 1.165) is 11.1 Å². The minimum absolute atomic E-state index is 0.0969. The van der Waals surface area contributed by atoms with E-state index >= 15 is 0 Å². The molecule has 1 amide bonds. The number of amides is 1. The SMILES string of the molecule is Cc1cnn(CCn2c(=O)oc3ccccc32)c(=O)c1CC(=O)NCc1cc(Cl)ccc1CN. The first-order valence-electron chi connectivity index (χ1n) is 10.8. The largest absolute Gasteiger partial charge is 0.420 e. The van der Waals surface area contributed by atoms with E-state index in [1.807, 2.05) is 6.07 Å². The lowest BCUT2D eigenvalue weighted by atomic mass is 10.1. The van der Waals surface area contributed by atoms with Crippen molar-refractivity contribution in [2.24, 2.45) is 5.73 Å². The average Bonchev–Trinajstić information content (AvgIpc) is 3.15. The number of nitrogens with one attached hydrogen (secondary N) is 1. The van der Waals surface area contributed by atoms with Crippen molar-refractivity contribution in [2.75, 3.05) is 0 Å². The normalized spacial score (nSPS) is 11.1. The first kappa shape index (κ1) is 23.5. The number of para-hydroxylation sites is 2. The van der Waals surface area contributed by atoms with Crippen molar-refractivity contribution in [3.05, 3.63) is 96.8 Å². The molecule has 2 aromatic carbocycles. The second kappa shape index (κ2) is 10.1. The highest BCUT2D eigenvalue weighted by molar-refractivity contribution is 6.30. The molecule has 0 fully saturated rings. The first-order chi connectivity index (χ1) is 16.4. The van der Waals surface area contributed by atoms with Crippen LogP contribution in [0.3, 0.4) is 0 Å². The molecule has 0 saturated heterocycles. The molecule has 2 aromatic heterocycles. The average molecular weight is 482 g/mol. The lowest BCUT2D eigenvalue weighted by molar-refractivity contribution is -0.120. The van der Waals surface area contributed by atoms with E-state index in [2.05, 4.69) is 10.4 Å². The van der Waals surface area contributed by atoms with Crippen LogP contribution in [0.25, 0.3) is 11.1 Å². The second-order valence-corrected chi connectivity index (χ2v) is 8.33. The van der Waals surface area contributed by atoms with E-state index in [9.17, 15) is 14.4 Å². The monoisotopic (exact) mass is 481 g/mol. The molecule has 0 saturated carbocycles. The number of hydrogen-bond donors (Lipinski definition) is 2. The van der Waals surface area contributed by atoms with E-state index in [4.69, 9.17) is 21.8 Å². The van der Waals surface area contributed by atoms with Gasteiger partial charge in [-0.05, 0) is 47.9 Å². The number of carbonyl (C=O) groups is 1. The molecule has 3 N–H and O–H groups in total. The Kier molecular flexibility index (Phi) is 6.95. The summed E-state index contributed by atoms with van der Waals surface area (Å²) in [6.07, 6.45) is 1.45. The molecule has 4 rings (SSSR count). The molecule has 0 radical (unpaired) electrons. The van der Waals surface area contributed by atoms with Crippen molar-refractivity contribution in [3.63, 3.8) is 0 Å². The number of aryl methyl sites for hydroxylation is 3. The Bertz CT molecular complexity index is 1470. The topological polar surface area (TPSA) is 125 Å². The van der Waals surface area contributed by atoms with Crippen LogP contribution in [0.1, 0.15) is 22.3 Å². The van der Waals surface area contributed by atoms with Crippen LogP contribution in [-0.2, 0) is 37.4 Å². The van der Waals surface area contributed by atoms with Crippen molar-refractivity contribution in [1.29, 1.82) is 0 Å². The fraction of sp³-hybridized carbons (Fsp3) is 0.250. The number of halogens is 1. The molecule has 10 heteroatoms. The van der Waals surface area contributed by atoms with Crippen LogP contribution in [0.5, 0.6) is 0 Å². The van der Waals surface area contributed by atoms with Crippen molar-refractivity contribution >= 4 is 28.6 Å². The van der Waals surface area contributed by atoms with Crippen molar-refractivity contribution in [3.8, 4) is 0 Å². The van der Waals surface area contributed by atoms with Crippen LogP contribution < -0.4 is 22.4 Å². The number of rotatable bonds is 8. The molecule has 176 valence electrons. The Balaban J connectivity index is 1.47. The van der Waals surface area contributed by atoms with E-state index in [1.165, 1.54) is 9.25 Å². The molecule has 0 bridgehead atoms. The van der Waals surface area contributed by atoms with E-state index in [0.29, 0.717) is 33.8 Å². The number of hydrogen-bond acceptors (Lipinski definition) is 6. The van der Waals surface area contributed by atoms with Gasteiger partial charge in [0.05, 0.1) is 24.7 Å². The predicted molar refractivity (Wildman–Crippen MR) is 129 cm³/mol. The third kappa shape index (κ3) is 4.95. The maximum atomic E-state index is 13.0. The molecule has 0 aliphatic rings. The molecule has 9 nitrogen and oxygen atoms in total. The van der Waals surface area contributed by atoms with Crippen molar-refractivity contribution < 1.29 is 9.21 Å². The zero-order valence-corrected chi connectivity index (χ0v) is 19.3. The Morgan fingerprint density at radius 3 is 2.74 bits per heavy atom. The number of nitrogens with zero attached hydrogens (tertiary/aromatic N) is 3. The highest BCUT2D eigenvalue weighted by Crippen LogP contribution is 2.16. The highest BCUT2D eigenvalue weighted by Gasteiger charge is 2.15. The van der Waals surface area contributed by atoms with Crippen LogP contribution in [0.4, 0.5) is 0 Å². The number of carbonyl (C=O) groups excluding carboxylic acids is 1. The fourth-order valence-corrected chi connectivity index (χ4v) is 3.98. The maximum Gasteiger partial charge on any atom is 0.420 e. The second-order valence-electron chi connectivity index (χ2n) is 7.89. The van der Waals surface area contributed by atoms with Gasteiger partial charge in [0.1, 0.15) is 0 Å². The lowest BCUT2D eigenvalue weighted by Crippen LogP contribution is -2.33. The molecule has 34 heavy (non-hydrogen) atoms. The number of benzene rings is 2. The Morgan fingerprint density at radius 1 is 1.15 bits per heavy atom. The number of oxazole rings is 1. The zero-order valence-electron chi connectivity index (χ0n) is 18.6. The summed E-state index contributed by atoms with van der Waals surface area (Å²) in [4.78, 5) is 37.8. The smallest absolute Gasteiger partial charge is 0.408 e. The van der Waals surface area contributed by atoms with Gasteiger partial charge in [0, 0.05) is 30.2 Å². The molecule has 0 atom stereocenters. The van der Waals surface area contributed by atoms with Gasteiger partial charge in [0.2, 0.25) is 5.91 Å². The van der Waals surface area contributed by atoms with Crippen LogP contribution in [0.15, 0.2) is 62.7 Å². The molecule has 2 heterocycles. The van der Waals surface area contributed by atoms with Crippen LogP contribution in [0, 0.1) is 6.92 Å². The van der Waals surface area contributed by atoms with Gasteiger partial charge in [-0.3, -0.25) is 14.2 Å². The van der Waals surface area contributed by atoms with Gasteiger partial charge in [-0.25, -0.2) is 9.48 Å². The van der Waals surface area contributed by atoms with Gasteiger partial charge in [-0.2, -0.15) is 5.10 Å². The zero-order chi connectivity index (χ0) is 24.2. The van der Waals surface area contributed by atoms with Crippen LogP contribution >= 0.6 is 11.6 Å². The highest BCUT2D eigenvalue weighted by atomic mass is 35.5. The Morgan fingerprint density at radius 2 is 1.94 bits per heavy atom. The molecular formula is C24H24ClN5O4. The summed E-state index contributed by atoms with van der Waals surface area (Å²) in [5.74, 6) is -0.809. The van der Waals surface area contributed by atoms with Crippen molar-refractivity contribution in [2.45, 2.75) is 39.5 Å². The standard InChI is InChI=1S/C24H24ClN5O4/c1-15-13-28-30(9-8-29-20-4-2-3-5-21(20)34-24(29)33)23(32)19(15)11-22(31)27-14-17-10-18(25)7-6-16(17)12-26/h2-7,10,13H,8-9,11-12,14,26H2,1H3,(H,27,31). The van der Waals surface area contributed by atoms with Crippen LogP contribution in [-0.4, -0.2) is 20.3 Å². The maximum absolute atomic E-state index is 13.0. The molecular weight excluding hydrogens is 458 g/mol. The van der Waals surface area contributed by atoms with Gasteiger partial charge < -0.3 is 15.5 Å². The van der Waals surface area contributed by atoms with Gasteiger partial charge in [0.15, 0.2) is 5.58 Å². The third-order valence-electron chi connectivity index (χ3n) is 5.67. The summed E-state index contributed by atoms with van der Waals surface area (Å²) in [7, 11) is 0. The van der Waals surface area contributed by atoms with Gasteiger partial charge in [0.25, 0.3) is 5.56 Å². The quantitative estimate of drug-likeness (QED) is 0.397. The molecule has 0 unspecified atom stereocenters. The number of nitrogens with two attached hydrogens (primary N) is 1. The van der Waals surface area contributed by atoms with E-state index in [1.54, 1.807) is 49.5 Å². The summed E-state index contributed by atoms with van der Waals surface area (Å²) in [5.41, 5.74) is 9.18. The third-order valence-corrected chi connectivity index (χ3v) is 5.91. The predicted octanol–water partition coefficient (Wildman–Crippen LogP) is 2.13. The lowest BCUT2D eigenvalue weighted by Gasteiger charge is -2.12. The minimum Gasteiger partial charge on any atom is -0.408 e. The molecule has 0 aliphatic heterocycles. The van der Waals surface area contributed by atoms with Gasteiger partial charge in [-0.1, -0.05) is 29.8 Å². The molecule has 4 aromatic rings. The minimum atomic E-state index is -0.501. The van der Waals surface area contributed by atoms with Crippen molar-refractivity contribution in [1.82, 2.24) is 19.7 Å². The Hall–Kier alpha value is -3.69.